The van der Waals surface area contributed by atoms with Crippen LogP contribution >= 0.6 is 0 Å². The van der Waals surface area contributed by atoms with Gasteiger partial charge in [0, 0.05) is 19.4 Å². The lowest BCUT2D eigenvalue weighted by atomic mass is 10.0. The van der Waals surface area contributed by atoms with Gasteiger partial charge in [-0.15, -0.1) is 0 Å². The summed E-state index contributed by atoms with van der Waals surface area (Å²) < 4.78 is 17.4. The predicted molar refractivity (Wildman–Crippen MR) is 307 cm³/mol. The van der Waals surface area contributed by atoms with Crippen LogP contribution in [-0.4, -0.2) is 37.9 Å². The van der Waals surface area contributed by atoms with Crippen LogP contribution in [0.15, 0.2) is 85.1 Å². The van der Waals surface area contributed by atoms with Gasteiger partial charge in [0.2, 0.25) is 0 Å². The normalized spacial score (nSPS) is 12.8. The standard InChI is InChI=1S/C65H114O5/c1-4-7-10-13-16-19-22-25-28-30-32-34-36-39-42-45-48-51-54-57-60-68-61-63(70-65(67)59-56-53-50-47-44-41-37-27-24-21-18-15-12-9-6-3)62-69-64(66)58-55-52-49-46-43-40-38-35-33-31-29-26-23-20-17-14-11-8-5-2/h7,10,16,19,25,27-28,32,34,37,39,42,48,51,63H,4-6,8-9,11-15,17-18,20-24,26,29-31,33,35-36,38,40-41,43-47,49-50,52-62H2,1-3H3/b10-7-,19-16-,28-25-,34-32-,37-27-,42-39-,51-48-. The molecule has 0 saturated heterocycles. The van der Waals surface area contributed by atoms with Gasteiger partial charge in [0.25, 0.3) is 0 Å². The fourth-order valence-electron chi connectivity index (χ4n) is 8.46. The number of hydrogen-bond acceptors (Lipinski definition) is 5. The van der Waals surface area contributed by atoms with Crippen molar-refractivity contribution in [3.63, 3.8) is 0 Å². The average Bonchev–Trinajstić information content (AvgIpc) is 3.36. The summed E-state index contributed by atoms with van der Waals surface area (Å²) in [4.78, 5) is 25.6. The van der Waals surface area contributed by atoms with Crippen LogP contribution in [0.4, 0.5) is 0 Å². The largest absolute Gasteiger partial charge is 0.462 e. The quantitative estimate of drug-likeness (QED) is 0.0345. The first-order chi connectivity index (χ1) is 34.6. The summed E-state index contributed by atoms with van der Waals surface area (Å²) in [6, 6.07) is 0. The second-order valence-electron chi connectivity index (χ2n) is 19.9. The topological polar surface area (TPSA) is 61.8 Å². The Balaban J connectivity index is 4.35. The van der Waals surface area contributed by atoms with Gasteiger partial charge in [0.05, 0.1) is 6.61 Å². The lowest BCUT2D eigenvalue weighted by Gasteiger charge is -2.18. The van der Waals surface area contributed by atoms with Gasteiger partial charge in [0.1, 0.15) is 6.61 Å². The van der Waals surface area contributed by atoms with Gasteiger partial charge in [-0.3, -0.25) is 9.59 Å². The molecular weight excluding hydrogens is 861 g/mol. The highest BCUT2D eigenvalue weighted by Gasteiger charge is 2.17. The monoisotopic (exact) mass is 975 g/mol. The minimum atomic E-state index is -0.574. The number of esters is 2. The van der Waals surface area contributed by atoms with Crippen LogP contribution in [0.1, 0.15) is 290 Å². The molecule has 5 nitrogen and oxygen atoms in total. The van der Waals surface area contributed by atoms with Crippen LogP contribution in [0.3, 0.4) is 0 Å². The maximum Gasteiger partial charge on any atom is 0.306 e. The van der Waals surface area contributed by atoms with E-state index in [1.807, 2.05) is 0 Å². The van der Waals surface area contributed by atoms with Crippen molar-refractivity contribution >= 4 is 11.9 Å². The molecule has 0 aliphatic heterocycles. The van der Waals surface area contributed by atoms with E-state index in [0.29, 0.717) is 19.4 Å². The molecule has 0 fully saturated rings. The first-order valence-corrected chi connectivity index (χ1v) is 30.1. The molecular formula is C65H114O5. The summed E-state index contributed by atoms with van der Waals surface area (Å²) in [7, 11) is 0. The average molecular weight is 976 g/mol. The highest BCUT2D eigenvalue weighted by Crippen LogP contribution is 2.16. The van der Waals surface area contributed by atoms with Gasteiger partial charge in [-0.1, -0.05) is 273 Å². The lowest BCUT2D eigenvalue weighted by Crippen LogP contribution is -2.30. The van der Waals surface area contributed by atoms with Crippen molar-refractivity contribution in [2.45, 2.75) is 297 Å². The van der Waals surface area contributed by atoms with Gasteiger partial charge in [0.15, 0.2) is 6.10 Å². The van der Waals surface area contributed by atoms with Crippen LogP contribution < -0.4 is 0 Å². The molecule has 0 heterocycles. The van der Waals surface area contributed by atoms with Crippen molar-refractivity contribution in [2.75, 3.05) is 19.8 Å². The SMILES string of the molecule is CC/C=C\C/C=C\C/C=C\C/C=C\C/C=C\C/C=C\CCCOCC(COC(=O)CCCCCCCCCCCCCCCCCCCCC)OC(=O)CCCCCCC/C=C\CCCCCCCC. The third-order valence-corrected chi connectivity index (χ3v) is 12.9. The number of carbonyl (C=O) groups is 2. The van der Waals surface area contributed by atoms with Crippen LogP contribution in [-0.2, 0) is 23.8 Å². The zero-order valence-corrected chi connectivity index (χ0v) is 46.5. The summed E-state index contributed by atoms with van der Waals surface area (Å²) in [6.07, 6.45) is 80.5. The molecule has 0 saturated carbocycles. The van der Waals surface area contributed by atoms with Crippen LogP contribution in [0.2, 0.25) is 0 Å². The third-order valence-electron chi connectivity index (χ3n) is 12.9. The number of carbonyl (C=O) groups excluding carboxylic acids is 2. The molecule has 1 atom stereocenters. The molecule has 0 radical (unpaired) electrons. The Morgan fingerprint density at radius 2 is 0.643 bits per heavy atom. The summed E-state index contributed by atoms with van der Waals surface area (Å²) in [5.74, 6) is -0.429. The first kappa shape index (κ1) is 67.1. The number of rotatable bonds is 55. The molecule has 1 unspecified atom stereocenters. The third kappa shape index (κ3) is 57.7. The van der Waals surface area contributed by atoms with Crippen molar-refractivity contribution in [3.05, 3.63) is 85.1 Å². The number of hydrogen-bond donors (Lipinski definition) is 0. The minimum absolute atomic E-state index is 0.0588. The Morgan fingerprint density at radius 1 is 0.329 bits per heavy atom. The summed E-state index contributed by atoms with van der Waals surface area (Å²) >= 11 is 0. The van der Waals surface area contributed by atoms with Crippen LogP contribution in [0.25, 0.3) is 0 Å². The molecule has 0 spiro atoms. The van der Waals surface area contributed by atoms with Gasteiger partial charge >= 0.3 is 11.9 Å². The molecule has 0 aromatic rings. The fraction of sp³-hybridized carbons (Fsp3) is 0.754. The second-order valence-corrected chi connectivity index (χ2v) is 19.9. The second kappa shape index (κ2) is 60.4. The Labute approximate surface area is 435 Å². The van der Waals surface area contributed by atoms with E-state index in [1.165, 1.54) is 167 Å². The summed E-state index contributed by atoms with van der Waals surface area (Å²) in [6.45, 7) is 7.60. The Bertz CT molecular complexity index is 1290. The maximum atomic E-state index is 12.9. The van der Waals surface area contributed by atoms with Gasteiger partial charge in [-0.25, -0.2) is 0 Å². The fourth-order valence-corrected chi connectivity index (χ4v) is 8.46. The van der Waals surface area contributed by atoms with E-state index in [1.54, 1.807) is 0 Å². The molecule has 0 rings (SSSR count). The smallest absolute Gasteiger partial charge is 0.306 e. The number of allylic oxidation sites excluding steroid dienone is 14. The summed E-state index contributed by atoms with van der Waals surface area (Å²) in [5, 5.41) is 0. The number of unbranched alkanes of at least 4 members (excludes halogenated alkanes) is 30. The van der Waals surface area contributed by atoms with Crippen molar-refractivity contribution in [2.24, 2.45) is 0 Å². The molecule has 0 N–H and O–H groups in total. The molecule has 70 heavy (non-hydrogen) atoms. The highest BCUT2D eigenvalue weighted by molar-refractivity contribution is 5.70. The summed E-state index contributed by atoms with van der Waals surface area (Å²) in [5.41, 5.74) is 0. The van der Waals surface area contributed by atoms with Crippen molar-refractivity contribution in [1.29, 1.82) is 0 Å². The van der Waals surface area contributed by atoms with E-state index >= 15 is 0 Å². The van der Waals surface area contributed by atoms with E-state index in [9.17, 15) is 9.59 Å². The number of ether oxygens (including phenoxy) is 3. The van der Waals surface area contributed by atoms with Crippen LogP contribution in [0.5, 0.6) is 0 Å². The molecule has 0 amide bonds. The molecule has 0 bridgehead atoms. The van der Waals surface area contributed by atoms with Crippen molar-refractivity contribution in [1.82, 2.24) is 0 Å². The Hall–Kier alpha value is -2.92. The van der Waals surface area contributed by atoms with E-state index in [0.717, 1.165) is 89.9 Å². The van der Waals surface area contributed by atoms with Crippen molar-refractivity contribution in [3.8, 4) is 0 Å². The van der Waals surface area contributed by atoms with E-state index in [4.69, 9.17) is 14.2 Å². The predicted octanol–water partition coefficient (Wildman–Crippen LogP) is 20.8. The molecule has 0 aromatic heterocycles. The minimum Gasteiger partial charge on any atom is -0.462 e. The molecule has 0 aliphatic carbocycles. The van der Waals surface area contributed by atoms with Gasteiger partial charge in [-0.05, 0) is 89.9 Å². The van der Waals surface area contributed by atoms with Crippen molar-refractivity contribution < 1.29 is 23.8 Å². The zero-order valence-electron chi connectivity index (χ0n) is 46.5. The zero-order chi connectivity index (χ0) is 50.6. The molecule has 404 valence electrons. The van der Waals surface area contributed by atoms with Gasteiger partial charge < -0.3 is 14.2 Å². The Morgan fingerprint density at radius 3 is 1.04 bits per heavy atom. The van der Waals surface area contributed by atoms with Gasteiger partial charge in [-0.2, -0.15) is 0 Å². The van der Waals surface area contributed by atoms with E-state index in [2.05, 4.69) is 106 Å². The Kier molecular flexibility index (Phi) is 57.9. The highest BCUT2D eigenvalue weighted by atomic mass is 16.6. The molecule has 5 heteroatoms. The lowest BCUT2D eigenvalue weighted by molar-refractivity contribution is -0.163. The molecule has 0 aliphatic rings. The molecule has 0 aromatic carbocycles. The first-order valence-electron chi connectivity index (χ1n) is 30.1. The van der Waals surface area contributed by atoms with Crippen LogP contribution in [0, 0.1) is 0 Å². The maximum absolute atomic E-state index is 12.9. The van der Waals surface area contributed by atoms with E-state index < -0.39 is 6.10 Å². The van der Waals surface area contributed by atoms with E-state index in [-0.39, 0.29) is 25.2 Å².